The fourth-order valence-electron chi connectivity index (χ4n) is 2.50. The fraction of sp³-hybridized carbons (Fsp3) is 0. The van der Waals surface area contributed by atoms with Crippen LogP contribution < -0.4 is 5.63 Å². The average molecular weight is 352 g/mol. The van der Waals surface area contributed by atoms with Gasteiger partial charge >= 0.3 is 5.63 Å². The Morgan fingerprint density at radius 1 is 1.08 bits per heavy atom. The summed E-state index contributed by atoms with van der Waals surface area (Å²) >= 11 is 2.88. The molecule has 1 aromatic carbocycles. The van der Waals surface area contributed by atoms with Crippen molar-refractivity contribution in [3.63, 3.8) is 0 Å². The van der Waals surface area contributed by atoms with Gasteiger partial charge < -0.3 is 4.42 Å². The van der Waals surface area contributed by atoms with E-state index >= 15 is 0 Å². The highest BCUT2D eigenvalue weighted by Gasteiger charge is 2.17. The second kappa shape index (κ2) is 5.08. The lowest BCUT2D eigenvalue weighted by atomic mass is 10.2. The van der Waals surface area contributed by atoms with Crippen LogP contribution in [0, 0.1) is 0 Å². The zero-order valence-corrected chi connectivity index (χ0v) is 13.7. The maximum absolute atomic E-state index is 12.3. The van der Waals surface area contributed by atoms with Crippen LogP contribution in [0.4, 0.5) is 0 Å². The van der Waals surface area contributed by atoms with Gasteiger partial charge in [-0.15, -0.1) is 21.5 Å². The zero-order valence-electron chi connectivity index (χ0n) is 12.0. The van der Waals surface area contributed by atoms with Crippen molar-refractivity contribution in [1.29, 1.82) is 0 Å². The topological polar surface area (TPSA) is 73.3 Å². The van der Waals surface area contributed by atoms with Crippen LogP contribution in [-0.4, -0.2) is 19.8 Å². The van der Waals surface area contributed by atoms with Crippen LogP contribution in [0.5, 0.6) is 0 Å². The molecule has 0 spiro atoms. The van der Waals surface area contributed by atoms with Gasteiger partial charge in [0.2, 0.25) is 4.96 Å². The molecule has 4 heterocycles. The van der Waals surface area contributed by atoms with Crippen LogP contribution in [-0.2, 0) is 0 Å². The lowest BCUT2D eigenvalue weighted by Crippen LogP contribution is -2.03. The predicted octanol–water partition coefficient (Wildman–Crippen LogP) is 3.69. The maximum atomic E-state index is 12.3. The Morgan fingerprint density at radius 3 is 2.88 bits per heavy atom. The molecule has 0 N–H and O–H groups in total. The van der Waals surface area contributed by atoms with Crippen molar-refractivity contribution < 1.29 is 4.42 Å². The third kappa shape index (κ3) is 2.00. The van der Waals surface area contributed by atoms with Gasteiger partial charge in [0, 0.05) is 5.39 Å². The minimum absolute atomic E-state index is 0.406. The van der Waals surface area contributed by atoms with Crippen molar-refractivity contribution in [3.05, 3.63) is 58.3 Å². The highest BCUT2D eigenvalue weighted by molar-refractivity contribution is 7.19. The number of fused-ring (bicyclic) bond motifs is 2. The van der Waals surface area contributed by atoms with E-state index in [-0.39, 0.29) is 0 Å². The van der Waals surface area contributed by atoms with Crippen LogP contribution in [0.15, 0.2) is 57.1 Å². The highest BCUT2D eigenvalue weighted by atomic mass is 32.1. The molecule has 0 atom stereocenters. The molecule has 0 saturated carbocycles. The Balaban J connectivity index is 1.72. The van der Waals surface area contributed by atoms with E-state index in [1.807, 2.05) is 35.7 Å². The van der Waals surface area contributed by atoms with E-state index in [4.69, 9.17) is 4.42 Å². The second-order valence-electron chi connectivity index (χ2n) is 5.09. The van der Waals surface area contributed by atoms with Crippen LogP contribution in [0.25, 0.3) is 37.2 Å². The van der Waals surface area contributed by atoms with Crippen molar-refractivity contribution in [3.8, 4) is 21.3 Å². The van der Waals surface area contributed by atoms with Gasteiger partial charge in [-0.05, 0) is 23.6 Å². The Labute approximate surface area is 142 Å². The number of nitrogens with zero attached hydrogens (tertiary/aromatic N) is 4. The third-order valence-corrected chi connectivity index (χ3v) is 5.40. The van der Waals surface area contributed by atoms with E-state index in [0.29, 0.717) is 26.9 Å². The molecule has 4 aromatic heterocycles. The molecule has 0 aliphatic rings. The van der Waals surface area contributed by atoms with Gasteiger partial charge in [0.25, 0.3) is 0 Å². The van der Waals surface area contributed by atoms with E-state index < -0.39 is 5.63 Å². The summed E-state index contributed by atoms with van der Waals surface area (Å²) in [5.41, 5.74) is 0.589. The predicted molar refractivity (Wildman–Crippen MR) is 93.5 cm³/mol. The van der Waals surface area contributed by atoms with Crippen molar-refractivity contribution >= 4 is 38.6 Å². The number of rotatable bonds is 2. The van der Waals surface area contributed by atoms with Crippen molar-refractivity contribution in [1.82, 2.24) is 19.8 Å². The standard InChI is InChI=1S/C16H8N4O2S2/c21-15-10(8-9-4-1-2-5-11(9)22-15)14-19-20-13(12-6-3-7-23-12)17-18-16(20)24-14/h1-8H. The SMILES string of the molecule is O=c1oc2ccccc2cc1-c1nn2c(-c3cccs3)nnc2s1. The molecule has 0 aliphatic carbocycles. The highest BCUT2D eigenvalue weighted by Crippen LogP contribution is 2.29. The number of aromatic nitrogens is 4. The first-order valence-corrected chi connectivity index (χ1v) is 8.78. The molecule has 6 nitrogen and oxygen atoms in total. The Hall–Kier alpha value is -2.84. The van der Waals surface area contributed by atoms with Gasteiger partial charge in [0.15, 0.2) is 10.8 Å². The van der Waals surface area contributed by atoms with Crippen molar-refractivity contribution in [2.45, 2.75) is 0 Å². The summed E-state index contributed by atoms with van der Waals surface area (Å²) < 4.78 is 7.06. The van der Waals surface area contributed by atoms with E-state index in [2.05, 4.69) is 15.3 Å². The molecule has 0 unspecified atom stereocenters. The van der Waals surface area contributed by atoms with Gasteiger partial charge in [-0.25, -0.2) is 4.79 Å². The minimum Gasteiger partial charge on any atom is -0.422 e. The molecule has 0 fully saturated rings. The Kier molecular flexibility index (Phi) is 2.88. The van der Waals surface area contributed by atoms with Crippen LogP contribution in [0.1, 0.15) is 0 Å². The smallest absolute Gasteiger partial charge is 0.346 e. The summed E-state index contributed by atoms with van der Waals surface area (Å²) in [7, 11) is 0. The second-order valence-corrected chi connectivity index (χ2v) is 6.99. The number of hydrogen-bond donors (Lipinski definition) is 0. The zero-order chi connectivity index (χ0) is 16.1. The molecular weight excluding hydrogens is 344 g/mol. The molecule has 24 heavy (non-hydrogen) atoms. The molecule has 0 amide bonds. The quantitative estimate of drug-likeness (QED) is 0.453. The van der Waals surface area contributed by atoms with Crippen LogP contribution in [0.3, 0.4) is 0 Å². The lowest BCUT2D eigenvalue weighted by Gasteiger charge is -1.98. The Bertz CT molecular complexity index is 1230. The van der Waals surface area contributed by atoms with Gasteiger partial charge in [-0.2, -0.15) is 9.61 Å². The first-order valence-electron chi connectivity index (χ1n) is 7.09. The lowest BCUT2D eigenvalue weighted by molar-refractivity contribution is 0.563. The largest absolute Gasteiger partial charge is 0.422 e. The van der Waals surface area contributed by atoms with E-state index in [0.717, 1.165) is 10.3 Å². The molecule has 0 radical (unpaired) electrons. The van der Waals surface area contributed by atoms with Crippen molar-refractivity contribution in [2.24, 2.45) is 0 Å². The molecular formula is C16H8N4O2S2. The van der Waals surface area contributed by atoms with E-state index in [1.54, 1.807) is 28.0 Å². The van der Waals surface area contributed by atoms with Crippen LogP contribution >= 0.6 is 22.7 Å². The first-order chi connectivity index (χ1) is 11.8. The summed E-state index contributed by atoms with van der Waals surface area (Å²) in [6.45, 7) is 0. The third-order valence-electron chi connectivity index (χ3n) is 3.60. The van der Waals surface area contributed by atoms with Crippen LogP contribution in [0.2, 0.25) is 0 Å². The molecule has 0 saturated heterocycles. The monoisotopic (exact) mass is 352 g/mol. The molecule has 0 bridgehead atoms. The summed E-state index contributed by atoms with van der Waals surface area (Å²) in [5.74, 6) is 0.674. The van der Waals surface area contributed by atoms with Crippen molar-refractivity contribution in [2.75, 3.05) is 0 Å². The Morgan fingerprint density at radius 2 is 2.00 bits per heavy atom. The number of thiophene rings is 1. The van der Waals surface area contributed by atoms with E-state index in [9.17, 15) is 4.79 Å². The number of benzene rings is 1. The summed E-state index contributed by atoms with van der Waals surface area (Å²) in [6.07, 6.45) is 0. The summed E-state index contributed by atoms with van der Waals surface area (Å²) in [5, 5.41) is 16.3. The van der Waals surface area contributed by atoms with E-state index in [1.165, 1.54) is 11.3 Å². The van der Waals surface area contributed by atoms with Gasteiger partial charge in [-0.3, -0.25) is 0 Å². The van der Waals surface area contributed by atoms with Gasteiger partial charge in [-0.1, -0.05) is 35.6 Å². The molecule has 8 heteroatoms. The molecule has 5 aromatic rings. The van der Waals surface area contributed by atoms with Gasteiger partial charge in [0.1, 0.15) is 5.58 Å². The molecule has 5 rings (SSSR count). The average Bonchev–Trinajstić information content (AvgIpc) is 3.30. The maximum Gasteiger partial charge on any atom is 0.346 e. The van der Waals surface area contributed by atoms with Gasteiger partial charge in [0.05, 0.1) is 10.4 Å². The number of hydrogen-bond acceptors (Lipinski definition) is 7. The molecule has 116 valence electrons. The normalized spacial score (nSPS) is 11.5. The minimum atomic E-state index is -0.406. The number of para-hydroxylation sites is 1. The summed E-state index contributed by atoms with van der Waals surface area (Å²) in [6, 6.07) is 13.1. The summed E-state index contributed by atoms with van der Waals surface area (Å²) in [4.78, 5) is 13.9. The molecule has 0 aliphatic heterocycles. The fourth-order valence-corrected chi connectivity index (χ4v) is 4.03. The first kappa shape index (κ1) is 13.6.